The average Bonchev–Trinajstić information content (AvgIpc) is 2.73. The maximum Gasteiger partial charge on any atom is 0.262 e. The highest BCUT2D eigenvalue weighted by molar-refractivity contribution is 5.95. The molecule has 0 radical (unpaired) electrons. The summed E-state index contributed by atoms with van der Waals surface area (Å²) in [5, 5.41) is 4.83. The van der Waals surface area contributed by atoms with Gasteiger partial charge in [-0.15, -0.1) is 12.4 Å². The van der Waals surface area contributed by atoms with Crippen LogP contribution in [0.2, 0.25) is 0 Å². The Balaban J connectivity index is 0.00000220. The number of hydrogen-bond acceptors (Lipinski definition) is 3. The van der Waals surface area contributed by atoms with Crippen molar-refractivity contribution in [1.82, 2.24) is 5.32 Å². The highest BCUT2D eigenvalue weighted by Gasteiger charge is 2.42. The molecule has 1 atom stereocenters. The summed E-state index contributed by atoms with van der Waals surface area (Å²) in [6, 6.07) is 2.96. The Kier molecular flexibility index (Phi) is 5.86. The second-order valence-corrected chi connectivity index (χ2v) is 4.56. The number of benzene rings is 1. The van der Waals surface area contributed by atoms with E-state index in [-0.39, 0.29) is 23.8 Å². The van der Waals surface area contributed by atoms with Gasteiger partial charge in [-0.05, 0) is 19.1 Å². The number of anilines is 1. The van der Waals surface area contributed by atoms with Gasteiger partial charge in [-0.2, -0.15) is 0 Å². The monoisotopic (exact) mass is 324 g/mol. The fraction of sp³-hybridized carbons (Fsp3) is 0.462. The first-order valence-corrected chi connectivity index (χ1v) is 6.26. The number of carbonyl (C=O) groups is 1. The Labute approximate surface area is 126 Å². The van der Waals surface area contributed by atoms with Gasteiger partial charge >= 0.3 is 0 Å². The molecular formula is C13H16ClF3N2O2. The molecule has 1 amide bonds. The number of nitrogens with one attached hydrogen (secondary N) is 2. The van der Waals surface area contributed by atoms with Gasteiger partial charge in [-0.1, -0.05) is 0 Å². The number of halogens is 4. The molecule has 1 fully saturated rings. The lowest BCUT2D eigenvalue weighted by atomic mass is 10.2. The van der Waals surface area contributed by atoms with Crippen molar-refractivity contribution in [2.45, 2.75) is 25.3 Å². The van der Waals surface area contributed by atoms with Gasteiger partial charge in [-0.3, -0.25) is 10.1 Å². The number of ether oxygens (including phenoxy) is 1. The van der Waals surface area contributed by atoms with Crippen molar-refractivity contribution in [3.8, 4) is 5.75 Å². The van der Waals surface area contributed by atoms with Crippen LogP contribution < -0.4 is 15.4 Å². The van der Waals surface area contributed by atoms with Crippen LogP contribution in [0.15, 0.2) is 18.2 Å². The molecular weight excluding hydrogens is 309 g/mol. The Hall–Kier alpha value is -1.47. The second-order valence-electron chi connectivity index (χ2n) is 4.56. The van der Waals surface area contributed by atoms with Crippen LogP contribution in [0.5, 0.6) is 5.75 Å². The summed E-state index contributed by atoms with van der Waals surface area (Å²) in [5.41, 5.74) is 0.202. The summed E-state index contributed by atoms with van der Waals surface area (Å²) >= 11 is 0. The lowest BCUT2D eigenvalue weighted by Crippen LogP contribution is -2.35. The van der Waals surface area contributed by atoms with E-state index in [9.17, 15) is 18.0 Å². The van der Waals surface area contributed by atoms with E-state index in [1.807, 2.05) is 0 Å². The molecule has 1 aliphatic rings. The van der Waals surface area contributed by atoms with Gasteiger partial charge in [-0.25, -0.2) is 13.2 Å². The van der Waals surface area contributed by atoms with Gasteiger partial charge in [0.05, 0.1) is 19.2 Å². The average molecular weight is 325 g/mol. The van der Waals surface area contributed by atoms with E-state index < -0.39 is 36.7 Å². The van der Waals surface area contributed by atoms with Crippen LogP contribution >= 0.6 is 12.4 Å². The first-order chi connectivity index (χ1) is 9.41. The third kappa shape index (κ3) is 4.50. The van der Waals surface area contributed by atoms with Crippen LogP contribution in [0.25, 0.3) is 0 Å². The predicted molar refractivity (Wildman–Crippen MR) is 74.8 cm³/mol. The van der Waals surface area contributed by atoms with E-state index >= 15 is 0 Å². The smallest absolute Gasteiger partial charge is 0.262 e. The van der Waals surface area contributed by atoms with Crippen molar-refractivity contribution in [3.63, 3.8) is 0 Å². The second kappa shape index (κ2) is 7.00. The normalized spacial score (nSPS) is 19.7. The van der Waals surface area contributed by atoms with Gasteiger partial charge in [0.25, 0.3) is 5.92 Å². The molecule has 0 aliphatic carbocycles. The summed E-state index contributed by atoms with van der Waals surface area (Å²) in [4.78, 5) is 11.8. The molecule has 1 aliphatic heterocycles. The zero-order chi connectivity index (χ0) is 14.8. The first-order valence-electron chi connectivity index (χ1n) is 6.26. The van der Waals surface area contributed by atoms with E-state index in [4.69, 9.17) is 4.74 Å². The minimum Gasteiger partial charge on any atom is -0.491 e. The Morgan fingerprint density at radius 1 is 1.52 bits per heavy atom. The molecule has 2 N–H and O–H groups in total. The molecule has 0 aromatic heterocycles. The lowest BCUT2D eigenvalue weighted by molar-refractivity contribution is -0.118. The summed E-state index contributed by atoms with van der Waals surface area (Å²) in [6.45, 7) is 1.52. The highest BCUT2D eigenvalue weighted by atomic mass is 35.5. The largest absolute Gasteiger partial charge is 0.491 e. The Morgan fingerprint density at radius 3 is 2.76 bits per heavy atom. The number of alkyl halides is 2. The van der Waals surface area contributed by atoms with Gasteiger partial charge in [0.1, 0.15) is 0 Å². The maximum absolute atomic E-state index is 13.6. The van der Waals surface area contributed by atoms with Crippen molar-refractivity contribution in [2.75, 3.05) is 18.5 Å². The van der Waals surface area contributed by atoms with Gasteiger partial charge in [0, 0.05) is 18.2 Å². The summed E-state index contributed by atoms with van der Waals surface area (Å²) in [5.74, 6) is -4.03. The third-order valence-corrected chi connectivity index (χ3v) is 2.93. The standard InChI is InChI=1S/C13H15F3N2O2.ClH/c1-2-20-11-4-3-8(5-9(11)14)18-12(19)10-6-13(15,16)7-17-10;/h3-5,10,17H,2,6-7H2,1H3,(H,18,19);1H. The molecule has 21 heavy (non-hydrogen) atoms. The van der Waals surface area contributed by atoms with Gasteiger partial charge < -0.3 is 10.1 Å². The Morgan fingerprint density at radius 2 is 2.24 bits per heavy atom. The van der Waals surface area contributed by atoms with Crippen LogP contribution in [0, 0.1) is 5.82 Å². The fourth-order valence-corrected chi connectivity index (χ4v) is 1.98. The summed E-state index contributed by atoms with van der Waals surface area (Å²) in [7, 11) is 0. The molecule has 0 spiro atoms. The fourth-order valence-electron chi connectivity index (χ4n) is 1.98. The van der Waals surface area contributed by atoms with Crippen molar-refractivity contribution in [1.29, 1.82) is 0 Å². The minimum absolute atomic E-state index is 0. The molecule has 118 valence electrons. The molecule has 0 saturated carbocycles. The number of rotatable bonds is 4. The highest BCUT2D eigenvalue weighted by Crippen LogP contribution is 2.26. The Bertz CT molecular complexity index is 514. The van der Waals surface area contributed by atoms with Gasteiger partial charge in [0.2, 0.25) is 5.91 Å². The molecule has 0 bridgehead atoms. The van der Waals surface area contributed by atoms with Crippen molar-refractivity contribution >= 4 is 24.0 Å². The maximum atomic E-state index is 13.6. The molecule has 1 heterocycles. The molecule has 1 aromatic rings. The number of carbonyl (C=O) groups excluding carboxylic acids is 1. The van der Waals surface area contributed by atoms with Crippen LogP contribution in [-0.2, 0) is 4.79 Å². The lowest BCUT2D eigenvalue weighted by Gasteiger charge is -2.12. The third-order valence-electron chi connectivity index (χ3n) is 2.93. The molecule has 8 heteroatoms. The number of hydrogen-bond donors (Lipinski definition) is 2. The van der Waals surface area contributed by atoms with E-state index in [1.165, 1.54) is 12.1 Å². The SMILES string of the molecule is CCOc1ccc(NC(=O)C2CC(F)(F)CN2)cc1F.Cl. The molecule has 2 rings (SSSR count). The van der Waals surface area contributed by atoms with Crippen LogP contribution in [-0.4, -0.2) is 31.0 Å². The van der Waals surface area contributed by atoms with Crippen LogP contribution in [0.3, 0.4) is 0 Å². The van der Waals surface area contributed by atoms with Gasteiger partial charge in [0.15, 0.2) is 11.6 Å². The summed E-state index contributed by atoms with van der Waals surface area (Å²) < 4.78 is 44.6. The predicted octanol–water partition coefficient (Wildman–Crippen LogP) is 2.58. The number of amides is 1. The molecule has 1 aromatic carbocycles. The topological polar surface area (TPSA) is 50.4 Å². The zero-order valence-electron chi connectivity index (χ0n) is 11.3. The molecule has 1 saturated heterocycles. The first kappa shape index (κ1) is 17.6. The van der Waals surface area contributed by atoms with E-state index in [2.05, 4.69) is 10.6 Å². The molecule has 1 unspecified atom stereocenters. The van der Waals surface area contributed by atoms with Crippen molar-refractivity contribution in [3.05, 3.63) is 24.0 Å². The van der Waals surface area contributed by atoms with Crippen molar-refractivity contribution < 1.29 is 22.7 Å². The minimum atomic E-state index is -2.88. The van der Waals surface area contributed by atoms with Crippen LogP contribution in [0.1, 0.15) is 13.3 Å². The van der Waals surface area contributed by atoms with Crippen molar-refractivity contribution in [2.24, 2.45) is 0 Å². The van der Waals surface area contributed by atoms with E-state index in [0.29, 0.717) is 6.61 Å². The summed E-state index contributed by atoms with van der Waals surface area (Å²) in [6.07, 6.45) is -0.557. The van der Waals surface area contributed by atoms with Crippen LogP contribution in [0.4, 0.5) is 18.9 Å². The quantitative estimate of drug-likeness (QED) is 0.895. The zero-order valence-corrected chi connectivity index (χ0v) is 12.1. The molecule has 4 nitrogen and oxygen atoms in total. The van der Waals surface area contributed by atoms with E-state index in [1.54, 1.807) is 6.92 Å². The van der Waals surface area contributed by atoms with E-state index in [0.717, 1.165) is 6.07 Å².